The standard InChI is InChI=1S/C11H15BrS/c1-11(2)6-9(11)10(12)5-8-3-4-13-7-8/h3-4,7,9-10H,5-6H2,1-2H3. The van der Waals surface area contributed by atoms with Gasteiger partial charge in [0.05, 0.1) is 0 Å². The molecule has 0 spiro atoms. The Labute approximate surface area is 92.5 Å². The highest BCUT2D eigenvalue weighted by molar-refractivity contribution is 9.09. The zero-order chi connectivity index (χ0) is 9.47. The quantitative estimate of drug-likeness (QED) is 0.717. The molecule has 0 aromatic carbocycles. The van der Waals surface area contributed by atoms with Gasteiger partial charge in [-0.05, 0) is 46.6 Å². The topological polar surface area (TPSA) is 0 Å². The Morgan fingerprint density at radius 2 is 2.38 bits per heavy atom. The van der Waals surface area contributed by atoms with Gasteiger partial charge in [0, 0.05) is 4.83 Å². The van der Waals surface area contributed by atoms with Crippen LogP contribution in [0.4, 0.5) is 0 Å². The van der Waals surface area contributed by atoms with Crippen molar-refractivity contribution in [3.63, 3.8) is 0 Å². The van der Waals surface area contributed by atoms with Crippen molar-refractivity contribution in [1.29, 1.82) is 0 Å². The molecule has 0 radical (unpaired) electrons. The number of thiophene rings is 1. The van der Waals surface area contributed by atoms with Gasteiger partial charge in [-0.2, -0.15) is 11.3 Å². The van der Waals surface area contributed by atoms with Crippen LogP contribution in [0.3, 0.4) is 0 Å². The molecule has 0 amide bonds. The van der Waals surface area contributed by atoms with E-state index >= 15 is 0 Å². The molecule has 0 bridgehead atoms. The molecule has 72 valence electrons. The van der Waals surface area contributed by atoms with Crippen LogP contribution >= 0.6 is 27.3 Å². The molecular weight excluding hydrogens is 244 g/mol. The predicted molar refractivity (Wildman–Crippen MR) is 62.6 cm³/mol. The minimum absolute atomic E-state index is 0.587. The second-order valence-electron chi connectivity index (χ2n) is 4.65. The monoisotopic (exact) mass is 258 g/mol. The predicted octanol–water partition coefficient (Wildman–Crippen LogP) is 4.10. The number of halogens is 1. The van der Waals surface area contributed by atoms with Gasteiger partial charge in [-0.25, -0.2) is 0 Å². The van der Waals surface area contributed by atoms with Gasteiger partial charge in [-0.3, -0.25) is 0 Å². The Kier molecular flexibility index (Phi) is 2.54. The summed E-state index contributed by atoms with van der Waals surface area (Å²) in [5.74, 6) is 0.882. The lowest BCUT2D eigenvalue weighted by Gasteiger charge is -2.10. The van der Waals surface area contributed by atoms with Gasteiger partial charge < -0.3 is 0 Å². The van der Waals surface area contributed by atoms with E-state index in [9.17, 15) is 0 Å². The summed E-state index contributed by atoms with van der Waals surface area (Å²) in [6, 6.07) is 2.23. The van der Waals surface area contributed by atoms with Gasteiger partial charge in [-0.15, -0.1) is 0 Å². The Morgan fingerprint density at radius 3 is 2.85 bits per heavy atom. The molecule has 2 atom stereocenters. The molecule has 1 aliphatic carbocycles. The third-order valence-corrected chi connectivity index (χ3v) is 4.73. The van der Waals surface area contributed by atoms with Gasteiger partial charge in [0.1, 0.15) is 0 Å². The van der Waals surface area contributed by atoms with Crippen molar-refractivity contribution in [2.75, 3.05) is 0 Å². The van der Waals surface area contributed by atoms with E-state index in [4.69, 9.17) is 0 Å². The maximum absolute atomic E-state index is 3.81. The van der Waals surface area contributed by atoms with Gasteiger partial charge in [0.25, 0.3) is 0 Å². The Balaban J connectivity index is 1.90. The summed E-state index contributed by atoms with van der Waals surface area (Å²) >= 11 is 5.60. The van der Waals surface area contributed by atoms with Crippen LogP contribution in [-0.4, -0.2) is 4.83 Å². The third-order valence-electron chi connectivity index (χ3n) is 3.04. The van der Waals surface area contributed by atoms with Crippen molar-refractivity contribution in [1.82, 2.24) is 0 Å². The van der Waals surface area contributed by atoms with Crippen LogP contribution in [0, 0.1) is 11.3 Å². The van der Waals surface area contributed by atoms with Crippen molar-refractivity contribution in [3.05, 3.63) is 22.4 Å². The number of alkyl halides is 1. The molecule has 1 aliphatic rings. The normalized spacial score (nSPS) is 27.2. The zero-order valence-electron chi connectivity index (χ0n) is 8.09. The molecule has 1 aromatic rings. The highest BCUT2D eigenvalue weighted by Gasteiger charge is 2.48. The zero-order valence-corrected chi connectivity index (χ0v) is 10.5. The third kappa shape index (κ3) is 2.16. The second-order valence-corrected chi connectivity index (χ2v) is 6.61. The first-order chi connectivity index (χ1) is 6.09. The van der Waals surface area contributed by atoms with Crippen LogP contribution in [0.15, 0.2) is 16.8 Å². The lowest BCUT2D eigenvalue weighted by molar-refractivity contribution is 0.546. The maximum atomic E-state index is 3.81. The summed E-state index contributed by atoms with van der Waals surface area (Å²) in [6.07, 6.45) is 2.57. The van der Waals surface area contributed by atoms with E-state index in [-0.39, 0.29) is 0 Å². The highest BCUT2D eigenvalue weighted by atomic mass is 79.9. The summed E-state index contributed by atoms with van der Waals surface area (Å²) in [5.41, 5.74) is 2.07. The van der Waals surface area contributed by atoms with Crippen LogP contribution in [0.5, 0.6) is 0 Å². The Bertz CT molecular complexity index is 276. The Hall–Kier alpha value is 0.180. The minimum atomic E-state index is 0.587. The molecule has 0 nitrogen and oxygen atoms in total. The molecule has 1 saturated carbocycles. The molecule has 0 aliphatic heterocycles. The molecule has 2 rings (SSSR count). The first-order valence-corrected chi connectivity index (χ1v) is 6.60. The van der Waals surface area contributed by atoms with Gasteiger partial charge in [0.2, 0.25) is 0 Å². The first-order valence-electron chi connectivity index (χ1n) is 4.75. The van der Waals surface area contributed by atoms with Crippen molar-refractivity contribution in [2.45, 2.75) is 31.5 Å². The average molecular weight is 259 g/mol. The fourth-order valence-electron chi connectivity index (χ4n) is 1.90. The molecular formula is C11H15BrS. The van der Waals surface area contributed by atoms with Crippen molar-refractivity contribution >= 4 is 27.3 Å². The van der Waals surface area contributed by atoms with Crippen molar-refractivity contribution < 1.29 is 0 Å². The first kappa shape index (κ1) is 9.72. The number of rotatable bonds is 3. The molecule has 13 heavy (non-hydrogen) atoms. The fourth-order valence-corrected chi connectivity index (χ4v) is 3.86. The number of hydrogen-bond acceptors (Lipinski definition) is 1. The van der Waals surface area contributed by atoms with Crippen LogP contribution < -0.4 is 0 Å². The van der Waals surface area contributed by atoms with Gasteiger partial charge in [0.15, 0.2) is 0 Å². The molecule has 1 heterocycles. The van der Waals surface area contributed by atoms with E-state index in [1.165, 1.54) is 18.4 Å². The largest absolute Gasteiger partial charge is 0.152 e. The molecule has 0 saturated heterocycles. The maximum Gasteiger partial charge on any atom is 0.0220 e. The Morgan fingerprint density at radius 1 is 1.69 bits per heavy atom. The summed E-state index contributed by atoms with van der Waals surface area (Å²) in [4.78, 5) is 0.678. The molecule has 1 aromatic heterocycles. The lowest BCUT2D eigenvalue weighted by Crippen LogP contribution is -2.08. The van der Waals surface area contributed by atoms with E-state index in [0.717, 1.165) is 5.92 Å². The SMILES string of the molecule is CC1(C)CC1C(Br)Cc1ccsc1. The van der Waals surface area contributed by atoms with E-state index in [1.54, 1.807) is 11.3 Å². The van der Waals surface area contributed by atoms with Crippen molar-refractivity contribution in [3.8, 4) is 0 Å². The van der Waals surface area contributed by atoms with Crippen LogP contribution in [0.2, 0.25) is 0 Å². The molecule has 0 N–H and O–H groups in total. The summed E-state index contributed by atoms with van der Waals surface area (Å²) in [5, 5.41) is 4.41. The van der Waals surface area contributed by atoms with Crippen LogP contribution in [0.1, 0.15) is 25.8 Å². The lowest BCUT2D eigenvalue weighted by atomic mass is 10.0. The average Bonchev–Trinajstić information content (AvgIpc) is 2.49. The fraction of sp³-hybridized carbons (Fsp3) is 0.636. The molecule has 2 heteroatoms. The van der Waals surface area contributed by atoms with E-state index < -0.39 is 0 Å². The highest BCUT2D eigenvalue weighted by Crippen LogP contribution is 2.55. The smallest absolute Gasteiger partial charge is 0.0220 e. The van der Waals surface area contributed by atoms with Crippen LogP contribution in [-0.2, 0) is 6.42 Å². The van der Waals surface area contributed by atoms with Gasteiger partial charge >= 0.3 is 0 Å². The van der Waals surface area contributed by atoms with Crippen LogP contribution in [0.25, 0.3) is 0 Å². The van der Waals surface area contributed by atoms with Crippen molar-refractivity contribution in [2.24, 2.45) is 11.3 Å². The van der Waals surface area contributed by atoms with E-state index in [0.29, 0.717) is 10.2 Å². The minimum Gasteiger partial charge on any atom is -0.152 e. The molecule has 2 unspecified atom stereocenters. The second kappa shape index (κ2) is 3.39. The number of hydrogen-bond donors (Lipinski definition) is 0. The van der Waals surface area contributed by atoms with Gasteiger partial charge in [-0.1, -0.05) is 29.8 Å². The summed E-state index contributed by atoms with van der Waals surface area (Å²) < 4.78 is 0. The van der Waals surface area contributed by atoms with E-state index in [1.807, 2.05) is 0 Å². The van der Waals surface area contributed by atoms with E-state index in [2.05, 4.69) is 46.6 Å². The molecule has 1 fully saturated rings. The summed E-state index contributed by atoms with van der Waals surface area (Å²) in [7, 11) is 0. The summed E-state index contributed by atoms with van der Waals surface area (Å²) in [6.45, 7) is 4.72.